The molecule has 0 saturated heterocycles. The van der Waals surface area contributed by atoms with Crippen LogP contribution in [0, 0.1) is 0 Å². The minimum Gasteiger partial charge on any atom is -0.394 e. The number of rotatable bonds is 25. The highest BCUT2D eigenvalue weighted by Gasteiger charge is 2.13. The molecule has 204 valence electrons. The van der Waals surface area contributed by atoms with E-state index in [4.69, 9.17) is 38.6 Å². The molecule has 0 aromatic carbocycles. The van der Waals surface area contributed by atoms with Gasteiger partial charge in [-0.15, -0.1) is 6.58 Å². The van der Waals surface area contributed by atoms with E-state index in [2.05, 4.69) is 6.58 Å². The fourth-order valence-corrected chi connectivity index (χ4v) is 2.28. The van der Waals surface area contributed by atoms with Gasteiger partial charge in [-0.2, -0.15) is 0 Å². The van der Waals surface area contributed by atoms with Crippen LogP contribution in [0.3, 0.4) is 0 Å². The van der Waals surface area contributed by atoms with E-state index in [1.807, 2.05) is 0 Å². The summed E-state index contributed by atoms with van der Waals surface area (Å²) in [5.41, 5.74) is 0. The second-order valence-corrected chi connectivity index (χ2v) is 7.62. The molecule has 0 aliphatic rings. The van der Waals surface area contributed by atoms with E-state index in [9.17, 15) is 25.5 Å². The van der Waals surface area contributed by atoms with Crippen molar-refractivity contribution in [1.82, 2.24) is 0 Å². The van der Waals surface area contributed by atoms with Crippen LogP contribution in [0.2, 0.25) is 0 Å². The number of aliphatic hydroxyl groups excluding tert-OH is 7. The van der Waals surface area contributed by atoms with Crippen molar-refractivity contribution in [3.05, 3.63) is 12.7 Å². The van der Waals surface area contributed by atoms with Crippen molar-refractivity contribution >= 4 is 0 Å². The van der Waals surface area contributed by atoms with Gasteiger partial charge in [0.1, 0.15) is 36.6 Å². The average Bonchev–Trinajstić information content (AvgIpc) is 2.79. The van der Waals surface area contributed by atoms with Gasteiger partial charge in [0, 0.05) is 0 Å². The Labute approximate surface area is 200 Å². The molecule has 0 heterocycles. The molecule has 7 N–H and O–H groups in total. The van der Waals surface area contributed by atoms with Gasteiger partial charge >= 0.3 is 0 Å². The lowest BCUT2D eigenvalue weighted by Crippen LogP contribution is -2.31. The van der Waals surface area contributed by atoms with E-state index in [0.717, 1.165) is 0 Å². The van der Waals surface area contributed by atoms with E-state index in [0.29, 0.717) is 6.61 Å². The topological polar surface area (TPSA) is 197 Å². The van der Waals surface area contributed by atoms with Gasteiger partial charge in [-0.05, 0) is 0 Å². The van der Waals surface area contributed by atoms with Crippen LogP contribution >= 0.6 is 0 Å². The van der Waals surface area contributed by atoms with E-state index in [1.165, 1.54) is 0 Å². The van der Waals surface area contributed by atoms with Crippen LogP contribution in [0.1, 0.15) is 0 Å². The minimum atomic E-state index is -1.01. The molecule has 0 aromatic rings. The van der Waals surface area contributed by atoms with Crippen LogP contribution in [0.25, 0.3) is 0 Å². The molecule has 0 saturated carbocycles. The molecule has 0 aliphatic heterocycles. The predicted molar refractivity (Wildman–Crippen MR) is 118 cm³/mol. The maximum atomic E-state index is 9.80. The molecule has 0 spiro atoms. The Morgan fingerprint density at radius 3 is 0.912 bits per heavy atom. The lowest BCUT2D eigenvalue weighted by Gasteiger charge is -2.17. The normalized spacial score (nSPS) is 17.1. The maximum Gasteiger partial charge on any atom is 0.101 e. The van der Waals surface area contributed by atoms with Crippen LogP contribution < -0.4 is 0 Å². The molecule has 0 radical (unpaired) electrons. The Balaban J connectivity index is 3.62. The molecule has 13 heteroatoms. The van der Waals surface area contributed by atoms with Crippen molar-refractivity contribution in [2.24, 2.45) is 0 Å². The first-order valence-corrected chi connectivity index (χ1v) is 11.0. The highest BCUT2D eigenvalue weighted by atomic mass is 16.5. The van der Waals surface area contributed by atoms with Crippen molar-refractivity contribution in [3.63, 3.8) is 0 Å². The standard InChI is InChI=1S/C21H42O13/c1-2-3-29-6-17(24)7-31-10-19(26)11-33-14-21(28)15-34-13-20(27)12-32-9-18(25)8-30-5-16(23)4-22/h2,16-28H,1,3-15H2. The van der Waals surface area contributed by atoms with Crippen molar-refractivity contribution in [3.8, 4) is 0 Å². The number of hydrogen-bond acceptors (Lipinski definition) is 13. The predicted octanol–water partition coefficient (Wildman–Crippen LogP) is -3.57. The fourth-order valence-electron chi connectivity index (χ4n) is 2.28. The molecular weight excluding hydrogens is 460 g/mol. The highest BCUT2D eigenvalue weighted by Crippen LogP contribution is 1.97. The van der Waals surface area contributed by atoms with E-state index in [1.54, 1.807) is 6.08 Å². The first kappa shape index (κ1) is 33.2. The molecule has 13 nitrogen and oxygen atoms in total. The van der Waals surface area contributed by atoms with Gasteiger partial charge in [-0.1, -0.05) is 6.08 Å². The van der Waals surface area contributed by atoms with Gasteiger partial charge in [-0.3, -0.25) is 0 Å². The van der Waals surface area contributed by atoms with Gasteiger partial charge in [0.15, 0.2) is 0 Å². The molecule has 6 unspecified atom stereocenters. The zero-order valence-corrected chi connectivity index (χ0v) is 19.5. The summed E-state index contributed by atoms with van der Waals surface area (Å²) in [6.45, 7) is 2.61. The average molecular weight is 503 g/mol. The molecule has 0 fully saturated rings. The SMILES string of the molecule is C=CCOCC(O)COCC(O)COCC(O)COCC(O)COCC(O)COCC(O)CO. The van der Waals surface area contributed by atoms with Crippen molar-refractivity contribution in [2.45, 2.75) is 36.6 Å². The Hall–Kier alpha value is -0.780. The minimum absolute atomic E-state index is 0.00178. The highest BCUT2D eigenvalue weighted by molar-refractivity contribution is 4.65. The second-order valence-electron chi connectivity index (χ2n) is 7.62. The summed E-state index contributed by atoms with van der Waals surface area (Å²) < 4.78 is 30.7. The first-order chi connectivity index (χ1) is 16.3. The van der Waals surface area contributed by atoms with Crippen LogP contribution in [0.5, 0.6) is 0 Å². The van der Waals surface area contributed by atoms with Crippen LogP contribution in [0.4, 0.5) is 0 Å². The summed E-state index contributed by atoms with van der Waals surface area (Å²) in [5.74, 6) is 0. The van der Waals surface area contributed by atoms with Gasteiger partial charge in [0.05, 0.1) is 85.9 Å². The Morgan fingerprint density at radius 2 is 0.676 bits per heavy atom. The zero-order chi connectivity index (χ0) is 25.6. The number of aliphatic hydroxyl groups is 7. The fraction of sp³-hybridized carbons (Fsp3) is 0.905. The van der Waals surface area contributed by atoms with Crippen LogP contribution in [0.15, 0.2) is 12.7 Å². The number of hydrogen-bond donors (Lipinski definition) is 7. The third-order valence-corrected chi connectivity index (χ3v) is 3.86. The third-order valence-electron chi connectivity index (χ3n) is 3.86. The smallest absolute Gasteiger partial charge is 0.101 e. The van der Waals surface area contributed by atoms with Crippen LogP contribution in [-0.2, 0) is 28.4 Å². The van der Waals surface area contributed by atoms with Crippen molar-refractivity contribution in [1.29, 1.82) is 0 Å². The largest absolute Gasteiger partial charge is 0.394 e. The van der Waals surface area contributed by atoms with E-state index >= 15 is 0 Å². The van der Waals surface area contributed by atoms with E-state index in [-0.39, 0.29) is 72.7 Å². The Kier molecular flexibility index (Phi) is 22.1. The molecule has 0 bridgehead atoms. The van der Waals surface area contributed by atoms with Gasteiger partial charge < -0.3 is 64.2 Å². The second kappa shape index (κ2) is 22.7. The van der Waals surface area contributed by atoms with Gasteiger partial charge in [0.2, 0.25) is 0 Å². The first-order valence-electron chi connectivity index (χ1n) is 11.0. The number of ether oxygens (including phenoxy) is 6. The summed E-state index contributed by atoms with van der Waals surface area (Å²) in [5, 5.41) is 66.3. The monoisotopic (exact) mass is 502 g/mol. The van der Waals surface area contributed by atoms with Gasteiger partial charge in [0.25, 0.3) is 0 Å². The van der Waals surface area contributed by atoms with E-state index < -0.39 is 43.2 Å². The molecule has 6 atom stereocenters. The summed E-state index contributed by atoms with van der Waals surface area (Å²) in [7, 11) is 0. The lowest BCUT2D eigenvalue weighted by molar-refractivity contribution is -0.0846. The summed E-state index contributed by atoms with van der Waals surface area (Å²) in [4.78, 5) is 0. The van der Waals surface area contributed by atoms with Crippen molar-refractivity contribution < 1.29 is 64.2 Å². The molecule has 0 aromatic heterocycles. The molecule has 0 rings (SSSR count). The maximum absolute atomic E-state index is 9.80. The van der Waals surface area contributed by atoms with Gasteiger partial charge in [-0.25, -0.2) is 0 Å². The molecule has 0 aliphatic carbocycles. The summed E-state index contributed by atoms with van der Waals surface area (Å²) in [6.07, 6.45) is -4.11. The van der Waals surface area contributed by atoms with Crippen molar-refractivity contribution in [2.75, 3.05) is 85.9 Å². The lowest BCUT2D eigenvalue weighted by atomic mass is 10.3. The van der Waals surface area contributed by atoms with Crippen LogP contribution in [-0.4, -0.2) is 158 Å². The Bertz CT molecular complexity index is 456. The third kappa shape index (κ3) is 21.7. The molecular formula is C21H42O13. The summed E-state index contributed by atoms with van der Waals surface area (Å²) in [6, 6.07) is 0. The molecule has 0 amide bonds. The zero-order valence-electron chi connectivity index (χ0n) is 19.5. The molecule has 34 heavy (non-hydrogen) atoms. The Morgan fingerprint density at radius 1 is 0.441 bits per heavy atom. The summed E-state index contributed by atoms with van der Waals surface area (Å²) >= 11 is 0. The quantitative estimate of drug-likeness (QED) is 0.0478.